The maximum absolute atomic E-state index is 12.4. The first-order valence-electron chi connectivity index (χ1n) is 6.27. The van der Waals surface area contributed by atoms with Gasteiger partial charge in [0.25, 0.3) is 5.91 Å². The number of likely N-dealkylation sites (tertiary alicyclic amines) is 1. The van der Waals surface area contributed by atoms with E-state index in [4.69, 9.17) is 23.2 Å². The summed E-state index contributed by atoms with van der Waals surface area (Å²) in [6, 6.07) is 3.48. The van der Waals surface area contributed by atoms with E-state index in [9.17, 15) is 4.79 Å². The van der Waals surface area contributed by atoms with E-state index >= 15 is 0 Å². The summed E-state index contributed by atoms with van der Waals surface area (Å²) in [5.41, 5.74) is 0.410. The molecule has 1 aliphatic rings. The van der Waals surface area contributed by atoms with Crippen molar-refractivity contribution in [1.29, 1.82) is 0 Å². The molecule has 0 unspecified atom stereocenters. The Morgan fingerprint density at radius 2 is 2.00 bits per heavy atom. The van der Waals surface area contributed by atoms with Gasteiger partial charge in [-0.05, 0) is 45.1 Å². The fourth-order valence-corrected chi connectivity index (χ4v) is 2.74. The van der Waals surface area contributed by atoms with E-state index in [1.165, 1.54) is 0 Å². The number of nitrogens with zero attached hydrogens (tertiary/aromatic N) is 3. The molecule has 19 heavy (non-hydrogen) atoms. The lowest BCUT2D eigenvalue weighted by Gasteiger charge is -2.35. The first kappa shape index (κ1) is 14.6. The third-order valence-corrected chi connectivity index (χ3v) is 4.10. The monoisotopic (exact) mass is 301 g/mol. The molecule has 1 aromatic heterocycles. The lowest BCUT2D eigenvalue weighted by atomic mass is 10.0. The Bertz CT molecular complexity index is 473. The van der Waals surface area contributed by atoms with E-state index in [0.29, 0.717) is 10.7 Å². The molecule has 0 aromatic carbocycles. The van der Waals surface area contributed by atoms with Crippen LogP contribution in [0.3, 0.4) is 0 Å². The van der Waals surface area contributed by atoms with Gasteiger partial charge in [0.1, 0.15) is 10.3 Å². The van der Waals surface area contributed by atoms with Gasteiger partial charge >= 0.3 is 0 Å². The minimum absolute atomic E-state index is 0.0938. The van der Waals surface area contributed by atoms with Crippen molar-refractivity contribution in [2.45, 2.75) is 18.9 Å². The summed E-state index contributed by atoms with van der Waals surface area (Å²) < 4.78 is 0. The highest BCUT2D eigenvalue weighted by Gasteiger charge is 2.26. The number of aromatic nitrogens is 1. The van der Waals surface area contributed by atoms with Crippen molar-refractivity contribution in [1.82, 2.24) is 14.8 Å². The zero-order chi connectivity index (χ0) is 14.0. The van der Waals surface area contributed by atoms with Gasteiger partial charge in [0, 0.05) is 13.1 Å². The maximum Gasteiger partial charge on any atom is 0.256 e. The van der Waals surface area contributed by atoms with Crippen molar-refractivity contribution < 1.29 is 4.79 Å². The van der Waals surface area contributed by atoms with Gasteiger partial charge in [-0.15, -0.1) is 0 Å². The van der Waals surface area contributed by atoms with Gasteiger partial charge in [-0.25, -0.2) is 4.98 Å². The Kier molecular flexibility index (Phi) is 4.66. The number of halogens is 2. The topological polar surface area (TPSA) is 36.4 Å². The van der Waals surface area contributed by atoms with Crippen molar-refractivity contribution in [3.05, 3.63) is 28.0 Å². The molecule has 0 N–H and O–H groups in total. The summed E-state index contributed by atoms with van der Waals surface area (Å²) in [5, 5.41) is 0.459. The van der Waals surface area contributed by atoms with Crippen molar-refractivity contribution in [3.8, 4) is 0 Å². The summed E-state index contributed by atoms with van der Waals surface area (Å²) >= 11 is 11.7. The van der Waals surface area contributed by atoms with Crippen LogP contribution >= 0.6 is 23.2 Å². The Balaban J connectivity index is 2.10. The molecule has 1 saturated heterocycles. The number of carbonyl (C=O) groups excluding carboxylic acids is 1. The lowest BCUT2D eigenvalue weighted by Crippen LogP contribution is -2.44. The van der Waals surface area contributed by atoms with Crippen LogP contribution in [0.1, 0.15) is 23.2 Å². The zero-order valence-electron chi connectivity index (χ0n) is 11.1. The molecule has 4 nitrogen and oxygen atoms in total. The molecule has 1 aliphatic heterocycles. The molecule has 0 radical (unpaired) electrons. The van der Waals surface area contributed by atoms with E-state index in [-0.39, 0.29) is 17.1 Å². The van der Waals surface area contributed by atoms with Gasteiger partial charge in [-0.1, -0.05) is 23.2 Å². The largest absolute Gasteiger partial charge is 0.339 e. The average Bonchev–Trinajstić information content (AvgIpc) is 2.38. The van der Waals surface area contributed by atoms with Gasteiger partial charge < -0.3 is 9.80 Å². The molecule has 1 aromatic rings. The van der Waals surface area contributed by atoms with E-state index in [1.807, 2.05) is 7.05 Å². The SMILES string of the molecule is CN1CCC(N(C)C(=O)c2ccc(Cl)nc2Cl)CC1. The van der Waals surface area contributed by atoms with Crippen LogP contribution in [0.4, 0.5) is 0 Å². The van der Waals surface area contributed by atoms with Crippen LogP contribution in [0.5, 0.6) is 0 Å². The number of hydrogen-bond donors (Lipinski definition) is 0. The van der Waals surface area contributed by atoms with E-state index in [1.54, 1.807) is 17.0 Å². The normalized spacial score (nSPS) is 17.5. The van der Waals surface area contributed by atoms with Crippen molar-refractivity contribution >= 4 is 29.1 Å². The van der Waals surface area contributed by atoms with Gasteiger partial charge in [0.05, 0.1) is 5.56 Å². The summed E-state index contributed by atoms with van der Waals surface area (Å²) in [7, 11) is 3.92. The number of amides is 1. The van der Waals surface area contributed by atoms with Gasteiger partial charge in [0.2, 0.25) is 0 Å². The van der Waals surface area contributed by atoms with Gasteiger partial charge in [-0.2, -0.15) is 0 Å². The zero-order valence-corrected chi connectivity index (χ0v) is 12.6. The number of carbonyl (C=O) groups is 1. The van der Waals surface area contributed by atoms with E-state index in [0.717, 1.165) is 25.9 Å². The number of rotatable bonds is 2. The number of hydrogen-bond acceptors (Lipinski definition) is 3. The Labute approximate surface area is 123 Å². The standard InChI is InChI=1S/C13H17Cl2N3O/c1-17-7-5-9(6-8-17)18(2)13(19)10-3-4-11(14)16-12(10)15/h3-4,9H,5-8H2,1-2H3. The van der Waals surface area contributed by atoms with E-state index < -0.39 is 0 Å². The first-order chi connectivity index (χ1) is 8.99. The summed E-state index contributed by atoms with van der Waals surface area (Å²) in [4.78, 5) is 20.3. The second-order valence-electron chi connectivity index (χ2n) is 4.92. The summed E-state index contributed by atoms with van der Waals surface area (Å²) in [6.07, 6.45) is 1.97. The molecule has 0 atom stereocenters. The third kappa shape index (κ3) is 3.38. The third-order valence-electron chi connectivity index (χ3n) is 3.60. The van der Waals surface area contributed by atoms with Crippen LogP contribution in [0.25, 0.3) is 0 Å². The fraction of sp³-hybridized carbons (Fsp3) is 0.538. The molecular formula is C13H17Cl2N3O. The molecule has 0 saturated carbocycles. The highest BCUT2D eigenvalue weighted by molar-refractivity contribution is 6.34. The molecule has 1 fully saturated rings. The highest BCUT2D eigenvalue weighted by Crippen LogP contribution is 2.21. The Morgan fingerprint density at radius 1 is 1.37 bits per heavy atom. The molecule has 2 rings (SSSR count). The van der Waals surface area contributed by atoms with Gasteiger partial charge in [0.15, 0.2) is 0 Å². The van der Waals surface area contributed by atoms with Gasteiger partial charge in [-0.3, -0.25) is 4.79 Å². The molecule has 104 valence electrons. The average molecular weight is 302 g/mol. The molecular weight excluding hydrogens is 285 g/mol. The summed E-state index contributed by atoms with van der Waals surface area (Å²) in [5.74, 6) is -0.0938. The minimum Gasteiger partial charge on any atom is -0.339 e. The smallest absolute Gasteiger partial charge is 0.256 e. The fourth-order valence-electron chi connectivity index (χ4n) is 2.31. The number of pyridine rings is 1. The number of piperidine rings is 1. The van der Waals surface area contributed by atoms with Crippen molar-refractivity contribution in [2.24, 2.45) is 0 Å². The molecule has 0 bridgehead atoms. The van der Waals surface area contributed by atoms with Crippen LogP contribution in [0.2, 0.25) is 10.3 Å². The lowest BCUT2D eigenvalue weighted by molar-refractivity contribution is 0.0659. The quantitative estimate of drug-likeness (QED) is 0.788. The van der Waals surface area contributed by atoms with Crippen LogP contribution in [-0.4, -0.2) is 53.9 Å². The highest BCUT2D eigenvalue weighted by atomic mass is 35.5. The molecule has 6 heteroatoms. The van der Waals surface area contributed by atoms with Crippen molar-refractivity contribution in [2.75, 3.05) is 27.2 Å². The van der Waals surface area contributed by atoms with Crippen LogP contribution in [-0.2, 0) is 0 Å². The Hall–Kier alpha value is -0.840. The second-order valence-corrected chi connectivity index (χ2v) is 5.67. The van der Waals surface area contributed by atoms with E-state index in [2.05, 4.69) is 16.9 Å². The molecule has 0 aliphatic carbocycles. The van der Waals surface area contributed by atoms with Crippen LogP contribution in [0.15, 0.2) is 12.1 Å². The van der Waals surface area contributed by atoms with Crippen LogP contribution < -0.4 is 0 Å². The summed E-state index contributed by atoms with van der Waals surface area (Å²) in [6.45, 7) is 2.02. The van der Waals surface area contributed by atoms with Crippen LogP contribution in [0, 0.1) is 0 Å². The first-order valence-corrected chi connectivity index (χ1v) is 7.02. The minimum atomic E-state index is -0.0938. The predicted molar refractivity (Wildman–Crippen MR) is 76.9 cm³/mol. The molecule has 0 spiro atoms. The Morgan fingerprint density at radius 3 is 2.58 bits per heavy atom. The van der Waals surface area contributed by atoms with Crippen molar-refractivity contribution in [3.63, 3.8) is 0 Å². The predicted octanol–water partition coefficient (Wildman–Crippen LogP) is 2.55. The second kappa shape index (κ2) is 6.07. The molecule has 1 amide bonds. The molecule has 2 heterocycles. The maximum atomic E-state index is 12.4.